The number of aromatic nitrogens is 3. The molecule has 0 radical (unpaired) electrons. The lowest BCUT2D eigenvalue weighted by Crippen LogP contribution is -2.48. The van der Waals surface area contributed by atoms with Gasteiger partial charge in [-0.1, -0.05) is 13.8 Å². The van der Waals surface area contributed by atoms with Crippen LogP contribution in [0.25, 0.3) is 11.0 Å². The number of fused-ring (bicyclic) bond motifs is 1. The summed E-state index contributed by atoms with van der Waals surface area (Å²) in [6, 6.07) is 2.07. The Morgan fingerprint density at radius 1 is 1.12 bits per heavy atom. The van der Waals surface area contributed by atoms with Crippen molar-refractivity contribution in [1.82, 2.24) is 25.0 Å². The third-order valence-electron chi connectivity index (χ3n) is 7.18. The van der Waals surface area contributed by atoms with Gasteiger partial charge in [-0.15, -0.1) is 0 Å². The first-order chi connectivity index (χ1) is 15.6. The quantitative estimate of drug-likeness (QED) is 0.697. The Labute approximate surface area is 197 Å². The Bertz CT molecular complexity index is 1040. The molecule has 180 valence electrons. The third-order valence-corrected chi connectivity index (χ3v) is 7.18. The molecule has 2 amide bonds. The number of rotatable bonds is 6. The zero-order chi connectivity index (χ0) is 23.9. The number of carbonyl (C=O) groups excluding carboxylic acids is 2. The van der Waals surface area contributed by atoms with Crippen LogP contribution in [0.4, 0.5) is 0 Å². The van der Waals surface area contributed by atoms with Crippen LogP contribution < -0.4 is 5.32 Å². The third kappa shape index (κ3) is 4.78. The van der Waals surface area contributed by atoms with Crippen LogP contribution in [-0.4, -0.2) is 50.6 Å². The zero-order valence-electron chi connectivity index (χ0n) is 21.1. The number of pyridine rings is 1. The number of amides is 2. The van der Waals surface area contributed by atoms with E-state index in [1.165, 1.54) is 0 Å². The molecule has 2 fully saturated rings. The number of hydrogen-bond acceptors (Lipinski definition) is 4. The van der Waals surface area contributed by atoms with Crippen molar-refractivity contribution in [2.45, 2.75) is 97.6 Å². The van der Waals surface area contributed by atoms with Crippen molar-refractivity contribution >= 4 is 22.8 Å². The summed E-state index contributed by atoms with van der Waals surface area (Å²) in [7, 11) is 0. The van der Waals surface area contributed by atoms with Crippen LogP contribution in [0.2, 0.25) is 0 Å². The maximum Gasteiger partial charge on any atom is 0.252 e. The summed E-state index contributed by atoms with van der Waals surface area (Å²) < 4.78 is 1.96. The van der Waals surface area contributed by atoms with Gasteiger partial charge in [0.25, 0.3) is 5.91 Å². The van der Waals surface area contributed by atoms with E-state index in [2.05, 4.69) is 39.9 Å². The van der Waals surface area contributed by atoms with Crippen LogP contribution in [0.3, 0.4) is 0 Å². The van der Waals surface area contributed by atoms with Crippen LogP contribution in [0.5, 0.6) is 0 Å². The van der Waals surface area contributed by atoms with Crippen molar-refractivity contribution in [3.8, 4) is 0 Å². The van der Waals surface area contributed by atoms with Crippen LogP contribution in [0, 0.1) is 12.8 Å². The van der Waals surface area contributed by atoms with E-state index in [1.54, 1.807) is 0 Å². The van der Waals surface area contributed by atoms with Crippen molar-refractivity contribution in [3.05, 3.63) is 23.0 Å². The molecule has 1 aliphatic heterocycles. The second-order valence-corrected chi connectivity index (χ2v) is 10.8. The Hall–Kier alpha value is -2.44. The maximum atomic E-state index is 13.5. The zero-order valence-corrected chi connectivity index (χ0v) is 21.1. The highest BCUT2D eigenvalue weighted by Gasteiger charge is 2.32. The molecule has 0 bridgehead atoms. The van der Waals surface area contributed by atoms with Gasteiger partial charge in [0.05, 0.1) is 22.2 Å². The Balaban J connectivity index is 1.54. The van der Waals surface area contributed by atoms with E-state index in [0.29, 0.717) is 24.6 Å². The minimum Gasteiger partial charge on any atom is -0.349 e. The molecule has 2 aromatic rings. The van der Waals surface area contributed by atoms with E-state index in [-0.39, 0.29) is 29.3 Å². The average molecular weight is 454 g/mol. The minimum atomic E-state index is -0.219. The summed E-state index contributed by atoms with van der Waals surface area (Å²) in [6.45, 7) is 13.9. The van der Waals surface area contributed by atoms with Crippen LogP contribution in [0.1, 0.15) is 101 Å². The molecule has 2 aromatic heterocycles. The molecule has 3 heterocycles. The number of nitrogens with one attached hydrogen (secondary N) is 1. The summed E-state index contributed by atoms with van der Waals surface area (Å²) in [5, 5.41) is 8.88. The summed E-state index contributed by atoms with van der Waals surface area (Å²) in [5.41, 5.74) is 3.11. The van der Waals surface area contributed by atoms with E-state index in [1.807, 2.05) is 22.6 Å². The summed E-state index contributed by atoms with van der Waals surface area (Å²) in [5.74, 6) is 0.777. The minimum absolute atomic E-state index is 0.0503. The highest BCUT2D eigenvalue weighted by molar-refractivity contribution is 6.06. The molecule has 33 heavy (non-hydrogen) atoms. The number of carbonyl (C=O) groups is 2. The second kappa shape index (κ2) is 9.07. The van der Waals surface area contributed by atoms with Gasteiger partial charge >= 0.3 is 0 Å². The van der Waals surface area contributed by atoms with Crippen LogP contribution in [0.15, 0.2) is 6.07 Å². The van der Waals surface area contributed by atoms with Crippen molar-refractivity contribution in [2.24, 2.45) is 5.92 Å². The standard InChI is InChI=1S/C26H39N5O2/c1-7-17(8-2)25(33)30-13-11-19(12-14-30)27-24(32)20-15-21(18-9-10-18)28-23-22(20)16(3)29-31(23)26(4,5)6/h15,17-19H,7-14H2,1-6H3,(H,27,32). The van der Waals surface area contributed by atoms with E-state index >= 15 is 0 Å². The molecule has 7 heteroatoms. The first-order valence-electron chi connectivity index (χ1n) is 12.6. The van der Waals surface area contributed by atoms with Crippen molar-refractivity contribution in [1.29, 1.82) is 0 Å². The lowest BCUT2D eigenvalue weighted by atomic mass is 9.98. The Morgan fingerprint density at radius 2 is 1.76 bits per heavy atom. The van der Waals surface area contributed by atoms with E-state index in [0.717, 1.165) is 60.9 Å². The highest BCUT2D eigenvalue weighted by Crippen LogP contribution is 2.41. The maximum absolute atomic E-state index is 13.5. The first-order valence-corrected chi connectivity index (χ1v) is 12.6. The fraction of sp³-hybridized carbons (Fsp3) is 0.692. The van der Waals surface area contributed by atoms with E-state index in [4.69, 9.17) is 10.1 Å². The number of piperidine rings is 1. The van der Waals surface area contributed by atoms with E-state index in [9.17, 15) is 9.59 Å². The summed E-state index contributed by atoms with van der Waals surface area (Å²) >= 11 is 0. The van der Waals surface area contributed by atoms with E-state index < -0.39 is 0 Å². The van der Waals surface area contributed by atoms with Crippen molar-refractivity contribution in [2.75, 3.05) is 13.1 Å². The topological polar surface area (TPSA) is 80.1 Å². The smallest absolute Gasteiger partial charge is 0.252 e. The Morgan fingerprint density at radius 3 is 2.30 bits per heavy atom. The molecule has 0 atom stereocenters. The van der Waals surface area contributed by atoms with Gasteiger partial charge in [-0.25, -0.2) is 9.67 Å². The SMILES string of the molecule is CCC(CC)C(=O)N1CCC(NC(=O)c2cc(C3CC3)nc3c2c(C)nn3C(C)(C)C)CC1. The molecule has 0 aromatic carbocycles. The fourth-order valence-electron chi connectivity index (χ4n) is 4.95. The molecule has 0 spiro atoms. The van der Waals surface area contributed by atoms with Gasteiger partial charge < -0.3 is 10.2 Å². The number of nitrogens with zero attached hydrogens (tertiary/aromatic N) is 4. The molecule has 2 aliphatic rings. The normalized spacial score (nSPS) is 17.7. The monoisotopic (exact) mass is 453 g/mol. The lowest BCUT2D eigenvalue weighted by molar-refractivity contribution is -0.136. The first kappa shape index (κ1) is 23.7. The number of hydrogen-bond donors (Lipinski definition) is 1. The second-order valence-electron chi connectivity index (χ2n) is 10.8. The molecule has 7 nitrogen and oxygen atoms in total. The molecule has 1 saturated carbocycles. The molecule has 1 saturated heterocycles. The van der Waals surface area contributed by atoms with Crippen LogP contribution >= 0.6 is 0 Å². The lowest BCUT2D eigenvalue weighted by Gasteiger charge is -2.34. The van der Waals surface area contributed by atoms with Gasteiger partial charge in [-0.2, -0.15) is 5.10 Å². The van der Waals surface area contributed by atoms with Gasteiger partial charge in [0.2, 0.25) is 5.91 Å². The van der Waals surface area contributed by atoms with Crippen molar-refractivity contribution < 1.29 is 9.59 Å². The largest absolute Gasteiger partial charge is 0.349 e. The van der Waals surface area contributed by atoms with Gasteiger partial charge in [0, 0.05) is 36.7 Å². The fourth-order valence-corrected chi connectivity index (χ4v) is 4.95. The molecule has 4 rings (SSSR count). The van der Waals surface area contributed by atoms with Gasteiger partial charge in [0.1, 0.15) is 0 Å². The molecule has 1 N–H and O–H groups in total. The summed E-state index contributed by atoms with van der Waals surface area (Å²) in [6.07, 6.45) is 5.61. The number of likely N-dealkylation sites (tertiary alicyclic amines) is 1. The predicted octanol–water partition coefficient (Wildman–Crippen LogP) is 4.53. The van der Waals surface area contributed by atoms with Gasteiger partial charge in [-0.05, 0) is 72.3 Å². The molecule has 1 aliphatic carbocycles. The van der Waals surface area contributed by atoms with Gasteiger partial charge in [0.15, 0.2) is 5.65 Å². The average Bonchev–Trinajstić information content (AvgIpc) is 3.57. The van der Waals surface area contributed by atoms with Crippen LogP contribution in [-0.2, 0) is 10.3 Å². The van der Waals surface area contributed by atoms with Gasteiger partial charge in [-0.3, -0.25) is 9.59 Å². The highest BCUT2D eigenvalue weighted by atomic mass is 16.2. The predicted molar refractivity (Wildman–Crippen MR) is 130 cm³/mol. The van der Waals surface area contributed by atoms with Crippen molar-refractivity contribution in [3.63, 3.8) is 0 Å². The summed E-state index contributed by atoms with van der Waals surface area (Å²) in [4.78, 5) is 33.1. The number of aryl methyl sites for hydroxylation is 1. The Kier molecular flexibility index (Phi) is 6.52. The molecular weight excluding hydrogens is 414 g/mol. The molecular formula is C26H39N5O2. The molecule has 0 unspecified atom stereocenters.